The molecule has 19 heavy (non-hydrogen) atoms. The van der Waals surface area contributed by atoms with Gasteiger partial charge in [-0.1, -0.05) is 0 Å². The van der Waals surface area contributed by atoms with Crippen LogP contribution in [0.15, 0.2) is 42.5 Å². The summed E-state index contributed by atoms with van der Waals surface area (Å²) in [5.41, 5.74) is 2.09. The smallest absolute Gasteiger partial charge is 0.271 e. The van der Waals surface area contributed by atoms with Crippen LogP contribution in [0, 0.1) is 10.1 Å². The van der Waals surface area contributed by atoms with Crippen LogP contribution in [-0.2, 0) is 0 Å². The first-order chi connectivity index (χ1) is 9.13. The van der Waals surface area contributed by atoms with E-state index in [1.54, 1.807) is 30.3 Å². The van der Waals surface area contributed by atoms with Crippen molar-refractivity contribution in [3.05, 3.63) is 52.6 Å². The summed E-state index contributed by atoms with van der Waals surface area (Å²) in [5.74, 6) is 0.783. The Kier molecular flexibility index (Phi) is 2.42. The number of phenolic OH excluding ortho intramolecular Hbond substituents is 1. The zero-order valence-electron chi connectivity index (χ0n) is 9.70. The van der Waals surface area contributed by atoms with Crippen LogP contribution < -0.4 is 0 Å². The Bertz CT molecular complexity index is 762. The molecule has 0 aliphatic carbocycles. The second-order valence-electron chi connectivity index (χ2n) is 4.09. The fourth-order valence-corrected chi connectivity index (χ4v) is 1.87. The molecular formula is C13H9N3O3. The highest BCUT2D eigenvalue weighted by Gasteiger charge is 2.10. The highest BCUT2D eigenvalue weighted by molar-refractivity contribution is 5.81. The zero-order valence-corrected chi connectivity index (χ0v) is 9.70. The van der Waals surface area contributed by atoms with E-state index in [-0.39, 0.29) is 11.4 Å². The van der Waals surface area contributed by atoms with Gasteiger partial charge in [-0.2, -0.15) is 0 Å². The average molecular weight is 255 g/mol. The minimum atomic E-state index is -0.444. The number of nitro benzene ring substituents is 1. The van der Waals surface area contributed by atoms with Crippen molar-refractivity contribution >= 4 is 16.7 Å². The van der Waals surface area contributed by atoms with Crippen molar-refractivity contribution in [3.63, 3.8) is 0 Å². The molecule has 94 valence electrons. The molecule has 0 saturated carbocycles. The summed E-state index contributed by atoms with van der Waals surface area (Å²) in [6.07, 6.45) is 0. The molecule has 2 N–H and O–H groups in total. The van der Waals surface area contributed by atoms with Gasteiger partial charge in [-0.05, 0) is 30.3 Å². The minimum Gasteiger partial charge on any atom is -0.508 e. The molecule has 0 spiro atoms. The lowest BCUT2D eigenvalue weighted by Gasteiger charge is -1.95. The molecule has 6 nitrogen and oxygen atoms in total. The summed E-state index contributed by atoms with van der Waals surface area (Å²) >= 11 is 0. The standard InChI is InChI=1S/C13H9N3O3/c17-10-4-1-8(2-5-10)13-14-11-6-3-9(16(18)19)7-12(11)15-13/h1-7,17H,(H,14,15). The largest absolute Gasteiger partial charge is 0.508 e. The molecule has 0 radical (unpaired) electrons. The van der Waals surface area contributed by atoms with Gasteiger partial charge >= 0.3 is 0 Å². The van der Waals surface area contributed by atoms with Crippen molar-refractivity contribution in [1.29, 1.82) is 0 Å². The van der Waals surface area contributed by atoms with Gasteiger partial charge < -0.3 is 10.1 Å². The number of nitrogens with zero attached hydrogens (tertiary/aromatic N) is 2. The molecule has 0 saturated heterocycles. The van der Waals surface area contributed by atoms with Gasteiger partial charge in [0, 0.05) is 17.7 Å². The van der Waals surface area contributed by atoms with Crippen molar-refractivity contribution in [2.75, 3.05) is 0 Å². The van der Waals surface area contributed by atoms with E-state index in [1.165, 1.54) is 12.1 Å². The second-order valence-corrected chi connectivity index (χ2v) is 4.09. The van der Waals surface area contributed by atoms with Gasteiger partial charge in [0.25, 0.3) is 5.69 Å². The van der Waals surface area contributed by atoms with Gasteiger partial charge in [-0.3, -0.25) is 10.1 Å². The van der Waals surface area contributed by atoms with Crippen LogP contribution in [0.25, 0.3) is 22.4 Å². The number of non-ortho nitro benzene ring substituents is 1. The maximum atomic E-state index is 10.7. The Morgan fingerprint density at radius 1 is 1.16 bits per heavy atom. The number of aromatic hydroxyl groups is 1. The molecule has 0 bridgehead atoms. The third kappa shape index (κ3) is 1.99. The summed E-state index contributed by atoms with van der Waals surface area (Å²) in [5, 5.41) is 19.9. The highest BCUT2D eigenvalue weighted by Crippen LogP contribution is 2.24. The monoisotopic (exact) mass is 255 g/mol. The number of nitrogens with one attached hydrogen (secondary N) is 1. The molecule has 0 fully saturated rings. The second kappa shape index (κ2) is 4.09. The zero-order chi connectivity index (χ0) is 13.4. The van der Waals surface area contributed by atoms with Crippen molar-refractivity contribution in [3.8, 4) is 17.1 Å². The van der Waals surface area contributed by atoms with E-state index in [4.69, 9.17) is 0 Å². The van der Waals surface area contributed by atoms with Crippen LogP contribution in [0.4, 0.5) is 5.69 Å². The average Bonchev–Trinajstić information content (AvgIpc) is 2.82. The molecule has 2 aromatic carbocycles. The van der Waals surface area contributed by atoms with Crippen molar-refractivity contribution in [2.45, 2.75) is 0 Å². The van der Waals surface area contributed by atoms with Crippen molar-refractivity contribution < 1.29 is 10.0 Å². The molecule has 0 atom stereocenters. The van der Waals surface area contributed by atoms with E-state index in [0.717, 1.165) is 5.56 Å². The van der Waals surface area contributed by atoms with Gasteiger partial charge in [0.05, 0.1) is 16.0 Å². The topological polar surface area (TPSA) is 92.1 Å². The van der Waals surface area contributed by atoms with Crippen LogP contribution in [0.5, 0.6) is 5.75 Å². The lowest BCUT2D eigenvalue weighted by atomic mass is 10.2. The summed E-state index contributed by atoms with van der Waals surface area (Å²) in [6.45, 7) is 0. The Balaban J connectivity index is 2.11. The van der Waals surface area contributed by atoms with Gasteiger partial charge in [0.15, 0.2) is 0 Å². The fraction of sp³-hybridized carbons (Fsp3) is 0. The fourth-order valence-electron chi connectivity index (χ4n) is 1.87. The number of aromatic amines is 1. The normalized spacial score (nSPS) is 10.7. The molecule has 3 rings (SSSR count). The van der Waals surface area contributed by atoms with E-state index >= 15 is 0 Å². The third-order valence-electron chi connectivity index (χ3n) is 2.82. The Morgan fingerprint density at radius 3 is 2.58 bits per heavy atom. The molecule has 0 unspecified atom stereocenters. The lowest BCUT2D eigenvalue weighted by Crippen LogP contribution is -1.86. The summed E-state index contributed by atoms with van der Waals surface area (Å²) in [7, 11) is 0. The number of hydrogen-bond donors (Lipinski definition) is 2. The lowest BCUT2D eigenvalue weighted by molar-refractivity contribution is -0.384. The number of imidazole rings is 1. The number of nitro groups is 1. The maximum absolute atomic E-state index is 10.7. The van der Waals surface area contributed by atoms with Crippen LogP contribution >= 0.6 is 0 Å². The third-order valence-corrected chi connectivity index (χ3v) is 2.82. The van der Waals surface area contributed by atoms with Crippen LogP contribution in [0.2, 0.25) is 0 Å². The SMILES string of the molecule is O=[N+]([O-])c1ccc2nc(-c3ccc(O)cc3)[nH]c2c1. The molecule has 0 aliphatic rings. The molecule has 1 aromatic heterocycles. The Morgan fingerprint density at radius 2 is 1.89 bits per heavy atom. The van der Waals surface area contributed by atoms with E-state index in [9.17, 15) is 15.2 Å². The van der Waals surface area contributed by atoms with Crippen LogP contribution in [-0.4, -0.2) is 20.0 Å². The molecule has 1 heterocycles. The van der Waals surface area contributed by atoms with Crippen molar-refractivity contribution in [2.24, 2.45) is 0 Å². The maximum Gasteiger partial charge on any atom is 0.271 e. The molecule has 3 aromatic rings. The highest BCUT2D eigenvalue weighted by atomic mass is 16.6. The van der Waals surface area contributed by atoms with E-state index in [1.807, 2.05) is 0 Å². The number of H-pyrrole nitrogens is 1. The quantitative estimate of drug-likeness (QED) is 0.544. The van der Waals surface area contributed by atoms with Crippen molar-refractivity contribution in [1.82, 2.24) is 9.97 Å². The predicted octanol–water partition coefficient (Wildman–Crippen LogP) is 2.84. The first-order valence-electron chi connectivity index (χ1n) is 5.57. The first kappa shape index (κ1) is 11.2. The summed E-state index contributed by atoms with van der Waals surface area (Å²) in [6, 6.07) is 11.0. The summed E-state index contributed by atoms with van der Waals surface area (Å²) in [4.78, 5) is 17.6. The number of fused-ring (bicyclic) bond motifs is 1. The number of hydrogen-bond acceptors (Lipinski definition) is 4. The predicted molar refractivity (Wildman–Crippen MR) is 69.8 cm³/mol. The first-order valence-corrected chi connectivity index (χ1v) is 5.57. The van der Waals surface area contributed by atoms with Gasteiger partial charge in [-0.15, -0.1) is 0 Å². The van der Waals surface area contributed by atoms with Gasteiger partial charge in [-0.25, -0.2) is 4.98 Å². The number of phenols is 1. The van der Waals surface area contributed by atoms with Crippen LogP contribution in [0.1, 0.15) is 0 Å². The molecule has 0 aliphatic heterocycles. The number of aromatic nitrogens is 2. The number of benzene rings is 2. The Labute approximate surface area is 107 Å². The van der Waals surface area contributed by atoms with E-state index < -0.39 is 4.92 Å². The minimum absolute atomic E-state index is 0.0217. The van der Waals surface area contributed by atoms with E-state index in [2.05, 4.69) is 9.97 Å². The van der Waals surface area contributed by atoms with E-state index in [0.29, 0.717) is 16.9 Å². The van der Waals surface area contributed by atoms with Gasteiger partial charge in [0.1, 0.15) is 11.6 Å². The molecule has 6 heteroatoms. The molecule has 0 amide bonds. The summed E-state index contributed by atoms with van der Waals surface area (Å²) < 4.78 is 0. The Hall–Kier alpha value is -2.89. The number of rotatable bonds is 2. The molecular weight excluding hydrogens is 246 g/mol. The van der Waals surface area contributed by atoms with Crippen LogP contribution in [0.3, 0.4) is 0 Å². The van der Waals surface area contributed by atoms with Gasteiger partial charge in [0.2, 0.25) is 0 Å².